The third-order valence-electron chi connectivity index (χ3n) is 5.95. The standard InChI is InChI=1S/C18H36N2/c1-4-16-11-13-19(14-12-16)15-17-7-9-18(10-8-17)20(5-2)6-3/h16-18H,4-15H2,1-3H3. The van der Waals surface area contributed by atoms with Crippen molar-refractivity contribution in [2.75, 3.05) is 32.7 Å². The largest absolute Gasteiger partial charge is 0.303 e. The molecule has 0 N–H and O–H groups in total. The number of piperidine rings is 1. The van der Waals surface area contributed by atoms with Crippen molar-refractivity contribution in [1.82, 2.24) is 9.80 Å². The van der Waals surface area contributed by atoms with E-state index in [1.165, 1.54) is 77.7 Å². The van der Waals surface area contributed by atoms with Crippen LogP contribution in [0, 0.1) is 11.8 Å². The third-order valence-corrected chi connectivity index (χ3v) is 5.95. The summed E-state index contributed by atoms with van der Waals surface area (Å²) in [6, 6.07) is 0.882. The van der Waals surface area contributed by atoms with E-state index in [2.05, 4.69) is 30.6 Å². The first-order valence-electron chi connectivity index (χ1n) is 9.23. The van der Waals surface area contributed by atoms with Crippen LogP contribution in [0.25, 0.3) is 0 Å². The van der Waals surface area contributed by atoms with Crippen LogP contribution in [0.2, 0.25) is 0 Å². The zero-order valence-corrected chi connectivity index (χ0v) is 14.1. The first-order chi connectivity index (χ1) is 9.76. The van der Waals surface area contributed by atoms with E-state index in [1.54, 1.807) is 0 Å². The summed E-state index contributed by atoms with van der Waals surface area (Å²) >= 11 is 0. The van der Waals surface area contributed by atoms with Crippen LogP contribution in [0.15, 0.2) is 0 Å². The Morgan fingerprint density at radius 1 is 0.800 bits per heavy atom. The van der Waals surface area contributed by atoms with Crippen molar-refractivity contribution in [3.05, 3.63) is 0 Å². The number of rotatable bonds is 6. The van der Waals surface area contributed by atoms with E-state index in [9.17, 15) is 0 Å². The summed E-state index contributed by atoms with van der Waals surface area (Å²) in [7, 11) is 0. The molecule has 0 atom stereocenters. The van der Waals surface area contributed by atoms with Gasteiger partial charge in [-0.15, -0.1) is 0 Å². The summed E-state index contributed by atoms with van der Waals surface area (Å²) in [4.78, 5) is 5.43. The summed E-state index contributed by atoms with van der Waals surface area (Å²) in [5.41, 5.74) is 0. The average molecular weight is 280 g/mol. The van der Waals surface area contributed by atoms with Gasteiger partial charge in [-0.2, -0.15) is 0 Å². The van der Waals surface area contributed by atoms with Crippen LogP contribution in [-0.4, -0.2) is 48.6 Å². The monoisotopic (exact) mass is 280 g/mol. The fourth-order valence-corrected chi connectivity index (χ4v) is 4.37. The average Bonchev–Trinajstić information content (AvgIpc) is 2.51. The lowest BCUT2D eigenvalue weighted by atomic mass is 9.84. The van der Waals surface area contributed by atoms with E-state index in [1.807, 2.05) is 0 Å². The first-order valence-corrected chi connectivity index (χ1v) is 9.23. The van der Waals surface area contributed by atoms with Crippen molar-refractivity contribution in [2.24, 2.45) is 11.8 Å². The molecular formula is C18H36N2. The highest BCUT2D eigenvalue weighted by molar-refractivity contribution is 4.81. The fourth-order valence-electron chi connectivity index (χ4n) is 4.37. The van der Waals surface area contributed by atoms with Crippen LogP contribution >= 0.6 is 0 Å². The predicted molar refractivity (Wildman–Crippen MR) is 88.1 cm³/mol. The highest BCUT2D eigenvalue weighted by Crippen LogP contribution is 2.29. The van der Waals surface area contributed by atoms with E-state index < -0.39 is 0 Å². The Morgan fingerprint density at radius 2 is 1.40 bits per heavy atom. The van der Waals surface area contributed by atoms with Gasteiger partial charge >= 0.3 is 0 Å². The van der Waals surface area contributed by atoms with Gasteiger partial charge in [0.1, 0.15) is 0 Å². The van der Waals surface area contributed by atoms with Gasteiger partial charge in [-0.25, -0.2) is 0 Å². The van der Waals surface area contributed by atoms with E-state index in [-0.39, 0.29) is 0 Å². The van der Waals surface area contributed by atoms with E-state index >= 15 is 0 Å². The summed E-state index contributed by atoms with van der Waals surface area (Å²) in [5.74, 6) is 2.00. The smallest absolute Gasteiger partial charge is 0.00952 e. The molecule has 0 aromatic carbocycles. The zero-order valence-electron chi connectivity index (χ0n) is 14.1. The Labute approximate surface area is 126 Å². The molecule has 0 aromatic heterocycles. The molecule has 1 heterocycles. The molecule has 2 rings (SSSR count). The molecule has 2 nitrogen and oxygen atoms in total. The van der Waals surface area contributed by atoms with Gasteiger partial charge < -0.3 is 9.80 Å². The SMILES string of the molecule is CCC1CCN(CC2CCC(N(CC)CC)CC2)CC1. The third kappa shape index (κ3) is 4.46. The van der Waals surface area contributed by atoms with Crippen molar-refractivity contribution in [2.45, 2.75) is 71.8 Å². The van der Waals surface area contributed by atoms with Gasteiger partial charge in [-0.3, -0.25) is 0 Å². The minimum Gasteiger partial charge on any atom is -0.303 e. The van der Waals surface area contributed by atoms with Gasteiger partial charge in [0.2, 0.25) is 0 Å². The summed E-state index contributed by atoms with van der Waals surface area (Å²) in [5, 5.41) is 0. The summed E-state index contributed by atoms with van der Waals surface area (Å²) < 4.78 is 0. The van der Waals surface area contributed by atoms with Crippen LogP contribution in [0.5, 0.6) is 0 Å². The van der Waals surface area contributed by atoms with Gasteiger partial charge in [-0.05, 0) is 76.5 Å². The van der Waals surface area contributed by atoms with Crippen LogP contribution < -0.4 is 0 Å². The minimum atomic E-state index is 0.882. The minimum absolute atomic E-state index is 0.882. The molecule has 1 saturated carbocycles. The summed E-state index contributed by atoms with van der Waals surface area (Å²) in [6.45, 7) is 13.6. The second-order valence-corrected chi connectivity index (χ2v) is 7.05. The molecule has 0 amide bonds. The molecule has 118 valence electrons. The van der Waals surface area contributed by atoms with Gasteiger partial charge in [0.15, 0.2) is 0 Å². The van der Waals surface area contributed by atoms with E-state index in [4.69, 9.17) is 0 Å². The Kier molecular flexibility index (Phi) is 6.83. The molecule has 0 spiro atoms. The molecule has 0 bridgehead atoms. The van der Waals surface area contributed by atoms with Gasteiger partial charge in [0, 0.05) is 12.6 Å². The lowest BCUT2D eigenvalue weighted by molar-refractivity contribution is 0.109. The normalized spacial score (nSPS) is 30.0. The molecule has 2 aliphatic rings. The summed E-state index contributed by atoms with van der Waals surface area (Å²) in [6.07, 6.45) is 10.1. The van der Waals surface area contributed by atoms with Crippen LogP contribution in [-0.2, 0) is 0 Å². The van der Waals surface area contributed by atoms with Crippen molar-refractivity contribution in [3.8, 4) is 0 Å². The predicted octanol–water partition coefficient (Wildman–Crippen LogP) is 4.01. The second-order valence-electron chi connectivity index (χ2n) is 7.05. The van der Waals surface area contributed by atoms with Crippen LogP contribution in [0.3, 0.4) is 0 Å². The molecule has 0 unspecified atom stereocenters. The molecule has 2 fully saturated rings. The Balaban J connectivity index is 1.67. The molecule has 1 aliphatic heterocycles. The van der Waals surface area contributed by atoms with Crippen molar-refractivity contribution in [3.63, 3.8) is 0 Å². The van der Waals surface area contributed by atoms with Crippen LogP contribution in [0.1, 0.15) is 65.7 Å². The lowest BCUT2D eigenvalue weighted by Gasteiger charge is -2.39. The molecule has 0 radical (unpaired) electrons. The van der Waals surface area contributed by atoms with Crippen molar-refractivity contribution in [1.29, 1.82) is 0 Å². The Hall–Kier alpha value is -0.0800. The number of nitrogens with zero attached hydrogens (tertiary/aromatic N) is 2. The zero-order chi connectivity index (χ0) is 14.4. The topological polar surface area (TPSA) is 6.48 Å². The molecule has 1 aliphatic carbocycles. The molecule has 2 heteroatoms. The quantitative estimate of drug-likeness (QED) is 0.725. The lowest BCUT2D eigenvalue weighted by Crippen LogP contribution is -2.41. The highest BCUT2D eigenvalue weighted by Gasteiger charge is 2.26. The Bertz CT molecular complexity index is 246. The number of hydrogen-bond donors (Lipinski definition) is 0. The maximum Gasteiger partial charge on any atom is 0.00952 e. The number of likely N-dealkylation sites (tertiary alicyclic amines) is 1. The van der Waals surface area contributed by atoms with Gasteiger partial charge in [0.05, 0.1) is 0 Å². The molecular weight excluding hydrogens is 244 g/mol. The molecule has 1 saturated heterocycles. The van der Waals surface area contributed by atoms with Crippen LogP contribution in [0.4, 0.5) is 0 Å². The maximum atomic E-state index is 2.76. The van der Waals surface area contributed by atoms with Crippen molar-refractivity contribution >= 4 is 0 Å². The van der Waals surface area contributed by atoms with Gasteiger partial charge in [0.25, 0.3) is 0 Å². The second kappa shape index (κ2) is 8.38. The van der Waals surface area contributed by atoms with Crippen molar-refractivity contribution < 1.29 is 0 Å². The first kappa shape index (κ1) is 16.3. The maximum absolute atomic E-state index is 2.76. The van der Waals surface area contributed by atoms with E-state index in [0.29, 0.717) is 0 Å². The molecule has 0 aromatic rings. The highest BCUT2D eigenvalue weighted by atomic mass is 15.1. The number of hydrogen-bond acceptors (Lipinski definition) is 2. The van der Waals surface area contributed by atoms with Gasteiger partial charge in [-0.1, -0.05) is 27.2 Å². The Morgan fingerprint density at radius 3 is 1.90 bits per heavy atom. The molecule has 20 heavy (non-hydrogen) atoms. The van der Waals surface area contributed by atoms with E-state index in [0.717, 1.165) is 17.9 Å². The fraction of sp³-hybridized carbons (Fsp3) is 1.00.